The molecule has 0 spiro atoms. The Balaban J connectivity index is 1.65. The number of benzene rings is 2. The monoisotopic (exact) mass is 311 g/mol. The van der Waals surface area contributed by atoms with Gasteiger partial charge in [0.1, 0.15) is 5.75 Å². The van der Waals surface area contributed by atoms with Crippen molar-refractivity contribution in [3.8, 4) is 5.75 Å². The zero-order valence-electron chi connectivity index (χ0n) is 13.2. The van der Waals surface area contributed by atoms with Gasteiger partial charge in [-0.3, -0.25) is 4.79 Å². The standard InChI is InChI=1S/C18H21N3O2/c1-23-17-7-3-6-16(13-17)20-8-10-21(11-9-20)18(22)14-4-2-5-15(19)12-14/h2-7,12-13H,8-11,19H2,1H3. The maximum atomic E-state index is 12.5. The number of piperazine rings is 1. The van der Waals surface area contributed by atoms with Crippen molar-refractivity contribution in [2.45, 2.75) is 0 Å². The van der Waals surface area contributed by atoms with Crippen LogP contribution in [0.15, 0.2) is 48.5 Å². The van der Waals surface area contributed by atoms with Crippen LogP contribution in [0, 0.1) is 0 Å². The van der Waals surface area contributed by atoms with Crippen molar-refractivity contribution < 1.29 is 9.53 Å². The summed E-state index contributed by atoms with van der Waals surface area (Å²) in [6.45, 7) is 3.01. The van der Waals surface area contributed by atoms with Crippen LogP contribution in [0.25, 0.3) is 0 Å². The van der Waals surface area contributed by atoms with E-state index in [4.69, 9.17) is 10.5 Å². The van der Waals surface area contributed by atoms with Gasteiger partial charge in [0.25, 0.3) is 5.91 Å². The predicted octanol–water partition coefficient (Wildman–Crippen LogP) is 2.24. The zero-order chi connectivity index (χ0) is 16.2. The minimum absolute atomic E-state index is 0.0441. The molecule has 2 aromatic rings. The Bertz CT molecular complexity index is 694. The summed E-state index contributed by atoms with van der Waals surface area (Å²) in [6, 6.07) is 15.2. The van der Waals surface area contributed by atoms with Gasteiger partial charge in [0, 0.05) is 49.2 Å². The van der Waals surface area contributed by atoms with Gasteiger partial charge in [0.05, 0.1) is 7.11 Å². The summed E-state index contributed by atoms with van der Waals surface area (Å²) in [5, 5.41) is 0. The van der Waals surface area contributed by atoms with E-state index in [1.54, 1.807) is 19.2 Å². The Hall–Kier alpha value is -2.69. The highest BCUT2D eigenvalue weighted by atomic mass is 16.5. The summed E-state index contributed by atoms with van der Waals surface area (Å²) < 4.78 is 5.27. The number of hydrogen-bond donors (Lipinski definition) is 1. The number of methoxy groups -OCH3 is 1. The van der Waals surface area contributed by atoms with Crippen molar-refractivity contribution in [1.82, 2.24) is 4.90 Å². The average molecular weight is 311 g/mol. The first-order chi connectivity index (χ1) is 11.2. The van der Waals surface area contributed by atoms with Crippen LogP contribution in [0.4, 0.5) is 11.4 Å². The smallest absolute Gasteiger partial charge is 0.254 e. The second kappa shape index (κ2) is 6.60. The van der Waals surface area contributed by atoms with Gasteiger partial charge in [0.2, 0.25) is 0 Å². The molecule has 120 valence electrons. The third-order valence-corrected chi connectivity index (χ3v) is 4.12. The van der Waals surface area contributed by atoms with Crippen LogP contribution in [0.3, 0.4) is 0 Å². The summed E-state index contributed by atoms with van der Waals surface area (Å²) in [5.41, 5.74) is 8.16. The van der Waals surface area contributed by atoms with E-state index in [-0.39, 0.29) is 5.91 Å². The molecule has 5 heteroatoms. The minimum Gasteiger partial charge on any atom is -0.497 e. The molecule has 1 aliphatic rings. The first kappa shape index (κ1) is 15.2. The van der Waals surface area contributed by atoms with Gasteiger partial charge >= 0.3 is 0 Å². The number of nitrogen functional groups attached to an aromatic ring is 1. The third kappa shape index (κ3) is 3.39. The fraction of sp³-hybridized carbons (Fsp3) is 0.278. The van der Waals surface area contributed by atoms with Crippen molar-refractivity contribution >= 4 is 17.3 Å². The lowest BCUT2D eigenvalue weighted by Crippen LogP contribution is -2.48. The number of carbonyl (C=O) groups is 1. The summed E-state index contributed by atoms with van der Waals surface area (Å²) in [7, 11) is 1.67. The minimum atomic E-state index is 0.0441. The molecule has 23 heavy (non-hydrogen) atoms. The molecule has 1 aliphatic heterocycles. The van der Waals surface area contributed by atoms with Crippen molar-refractivity contribution in [3.63, 3.8) is 0 Å². The Labute approximate surface area is 136 Å². The third-order valence-electron chi connectivity index (χ3n) is 4.12. The second-order valence-electron chi connectivity index (χ2n) is 5.61. The van der Waals surface area contributed by atoms with Gasteiger partial charge in [-0.1, -0.05) is 12.1 Å². The van der Waals surface area contributed by atoms with Crippen molar-refractivity contribution in [2.75, 3.05) is 43.9 Å². The fourth-order valence-corrected chi connectivity index (χ4v) is 2.83. The number of carbonyl (C=O) groups excluding carboxylic acids is 1. The van der Waals surface area contributed by atoms with E-state index in [2.05, 4.69) is 11.0 Å². The van der Waals surface area contributed by atoms with Gasteiger partial charge in [0.15, 0.2) is 0 Å². The van der Waals surface area contributed by atoms with Crippen LogP contribution in [-0.2, 0) is 0 Å². The lowest BCUT2D eigenvalue weighted by Gasteiger charge is -2.36. The van der Waals surface area contributed by atoms with Crippen LogP contribution in [0.5, 0.6) is 5.75 Å². The van der Waals surface area contributed by atoms with E-state index in [9.17, 15) is 4.79 Å². The molecule has 2 aromatic carbocycles. The molecule has 2 N–H and O–H groups in total. The molecule has 1 saturated heterocycles. The maximum Gasteiger partial charge on any atom is 0.254 e. The van der Waals surface area contributed by atoms with Crippen LogP contribution >= 0.6 is 0 Å². The van der Waals surface area contributed by atoms with E-state index in [0.29, 0.717) is 24.3 Å². The first-order valence-corrected chi connectivity index (χ1v) is 7.71. The zero-order valence-corrected chi connectivity index (χ0v) is 13.2. The molecule has 0 atom stereocenters. The molecule has 0 unspecified atom stereocenters. The van der Waals surface area contributed by atoms with Crippen LogP contribution < -0.4 is 15.4 Å². The number of rotatable bonds is 3. The highest BCUT2D eigenvalue weighted by molar-refractivity contribution is 5.95. The quantitative estimate of drug-likeness (QED) is 0.883. The predicted molar refractivity (Wildman–Crippen MR) is 92.0 cm³/mol. The lowest BCUT2D eigenvalue weighted by molar-refractivity contribution is 0.0747. The fourth-order valence-electron chi connectivity index (χ4n) is 2.83. The molecule has 1 amide bonds. The van der Waals surface area contributed by atoms with Gasteiger partial charge < -0.3 is 20.3 Å². The highest BCUT2D eigenvalue weighted by Gasteiger charge is 2.22. The van der Waals surface area contributed by atoms with Gasteiger partial charge in [-0.2, -0.15) is 0 Å². The number of hydrogen-bond acceptors (Lipinski definition) is 4. The lowest BCUT2D eigenvalue weighted by atomic mass is 10.1. The van der Waals surface area contributed by atoms with Crippen molar-refractivity contribution in [2.24, 2.45) is 0 Å². The average Bonchev–Trinajstić information content (AvgIpc) is 2.61. The number of nitrogens with two attached hydrogens (primary N) is 1. The van der Waals surface area contributed by atoms with Gasteiger partial charge in [-0.05, 0) is 30.3 Å². The summed E-state index contributed by atoms with van der Waals surface area (Å²) >= 11 is 0. The van der Waals surface area contributed by atoms with E-state index < -0.39 is 0 Å². The highest BCUT2D eigenvalue weighted by Crippen LogP contribution is 2.22. The van der Waals surface area contributed by atoms with E-state index in [1.165, 1.54) is 0 Å². The first-order valence-electron chi connectivity index (χ1n) is 7.71. The molecule has 0 radical (unpaired) electrons. The summed E-state index contributed by atoms with van der Waals surface area (Å²) in [5.74, 6) is 0.892. The SMILES string of the molecule is COc1cccc(N2CCN(C(=O)c3cccc(N)c3)CC2)c1. The summed E-state index contributed by atoms with van der Waals surface area (Å²) in [6.07, 6.45) is 0. The van der Waals surface area contributed by atoms with E-state index in [0.717, 1.165) is 24.5 Å². The number of ether oxygens (including phenoxy) is 1. The second-order valence-corrected chi connectivity index (χ2v) is 5.61. The van der Waals surface area contributed by atoms with E-state index >= 15 is 0 Å². The molecule has 5 nitrogen and oxygen atoms in total. The van der Waals surface area contributed by atoms with Gasteiger partial charge in [-0.25, -0.2) is 0 Å². The molecule has 0 bridgehead atoms. The number of nitrogens with zero attached hydrogens (tertiary/aromatic N) is 2. The van der Waals surface area contributed by atoms with Gasteiger partial charge in [-0.15, -0.1) is 0 Å². The molecule has 0 aliphatic carbocycles. The Morgan fingerprint density at radius 2 is 1.78 bits per heavy atom. The normalized spacial score (nSPS) is 14.7. The largest absolute Gasteiger partial charge is 0.497 e. The summed E-state index contributed by atoms with van der Waals surface area (Å²) in [4.78, 5) is 16.7. The molecule has 0 saturated carbocycles. The molecular formula is C18H21N3O2. The van der Waals surface area contributed by atoms with Crippen LogP contribution in [0.2, 0.25) is 0 Å². The Morgan fingerprint density at radius 3 is 2.48 bits per heavy atom. The molecule has 1 heterocycles. The molecule has 3 rings (SSSR count). The van der Waals surface area contributed by atoms with E-state index in [1.807, 2.05) is 35.2 Å². The molecule has 1 fully saturated rings. The van der Waals surface area contributed by atoms with Crippen molar-refractivity contribution in [1.29, 1.82) is 0 Å². The van der Waals surface area contributed by atoms with Crippen LogP contribution in [-0.4, -0.2) is 44.1 Å². The Morgan fingerprint density at radius 1 is 1.04 bits per heavy atom. The topological polar surface area (TPSA) is 58.8 Å². The van der Waals surface area contributed by atoms with Crippen LogP contribution in [0.1, 0.15) is 10.4 Å². The Kier molecular flexibility index (Phi) is 4.37. The maximum absolute atomic E-state index is 12.5. The number of anilines is 2. The molecular weight excluding hydrogens is 290 g/mol. The van der Waals surface area contributed by atoms with Crippen molar-refractivity contribution in [3.05, 3.63) is 54.1 Å². The number of amides is 1. The molecule has 0 aromatic heterocycles.